The van der Waals surface area contributed by atoms with Crippen molar-refractivity contribution in [1.82, 2.24) is 14.3 Å². The Morgan fingerprint density at radius 3 is 3.05 bits per heavy atom. The standard InChI is InChI=1S/C16H19N3O3/c20-15-7-2-1-4-9-19(15)11-16(21)22-12-13-10-18-8-5-3-6-14(18)17-13/h3,5-6,8,10H,1-2,4,7,9,11-12H2. The number of esters is 1. The molecular weight excluding hydrogens is 282 g/mol. The zero-order valence-electron chi connectivity index (χ0n) is 12.4. The number of fused-ring (bicyclic) bond motifs is 1. The molecule has 0 atom stereocenters. The quantitative estimate of drug-likeness (QED) is 0.808. The number of rotatable bonds is 4. The first-order valence-electron chi connectivity index (χ1n) is 7.58. The minimum Gasteiger partial charge on any atom is -0.458 e. The highest BCUT2D eigenvalue weighted by molar-refractivity contribution is 5.82. The van der Waals surface area contributed by atoms with E-state index in [4.69, 9.17) is 4.74 Å². The largest absolute Gasteiger partial charge is 0.458 e. The maximum absolute atomic E-state index is 11.9. The van der Waals surface area contributed by atoms with Crippen LogP contribution in [0.5, 0.6) is 0 Å². The van der Waals surface area contributed by atoms with Gasteiger partial charge in [0.1, 0.15) is 18.8 Å². The second-order valence-electron chi connectivity index (χ2n) is 5.48. The van der Waals surface area contributed by atoms with Gasteiger partial charge in [-0.3, -0.25) is 9.59 Å². The molecule has 0 saturated carbocycles. The van der Waals surface area contributed by atoms with Gasteiger partial charge in [-0.05, 0) is 25.0 Å². The third-order valence-corrected chi connectivity index (χ3v) is 3.79. The van der Waals surface area contributed by atoms with Crippen molar-refractivity contribution in [2.75, 3.05) is 13.1 Å². The highest BCUT2D eigenvalue weighted by Gasteiger charge is 2.20. The van der Waals surface area contributed by atoms with Gasteiger partial charge >= 0.3 is 5.97 Å². The Labute approximate surface area is 128 Å². The summed E-state index contributed by atoms with van der Waals surface area (Å²) < 4.78 is 7.12. The molecule has 116 valence electrons. The maximum Gasteiger partial charge on any atom is 0.326 e. The van der Waals surface area contributed by atoms with Gasteiger partial charge < -0.3 is 14.0 Å². The smallest absolute Gasteiger partial charge is 0.326 e. The molecule has 1 saturated heterocycles. The van der Waals surface area contributed by atoms with Gasteiger partial charge in [0, 0.05) is 25.4 Å². The molecule has 0 radical (unpaired) electrons. The molecule has 0 spiro atoms. The van der Waals surface area contributed by atoms with E-state index in [1.54, 1.807) is 4.90 Å². The summed E-state index contributed by atoms with van der Waals surface area (Å²) in [5, 5.41) is 0. The fourth-order valence-corrected chi connectivity index (χ4v) is 2.62. The van der Waals surface area contributed by atoms with E-state index in [1.807, 2.05) is 35.0 Å². The second kappa shape index (κ2) is 6.60. The summed E-state index contributed by atoms with van der Waals surface area (Å²) in [6.45, 7) is 0.803. The molecule has 0 aromatic carbocycles. The predicted molar refractivity (Wildman–Crippen MR) is 80.0 cm³/mol. The summed E-state index contributed by atoms with van der Waals surface area (Å²) in [5.74, 6) is -0.338. The lowest BCUT2D eigenvalue weighted by atomic mass is 10.2. The molecular formula is C16H19N3O3. The number of hydrogen-bond donors (Lipinski definition) is 0. The van der Waals surface area contributed by atoms with Gasteiger partial charge in [-0.2, -0.15) is 0 Å². The predicted octanol–water partition coefficient (Wildman–Crippen LogP) is 1.78. The van der Waals surface area contributed by atoms with Crippen molar-refractivity contribution in [3.63, 3.8) is 0 Å². The molecule has 6 heteroatoms. The van der Waals surface area contributed by atoms with Gasteiger partial charge in [-0.25, -0.2) is 4.98 Å². The van der Waals surface area contributed by atoms with E-state index in [9.17, 15) is 9.59 Å². The molecule has 2 aromatic heterocycles. The molecule has 22 heavy (non-hydrogen) atoms. The van der Waals surface area contributed by atoms with E-state index in [1.165, 1.54) is 0 Å². The Bertz CT molecular complexity index is 647. The van der Waals surface area contributed by atoms with Crippen LogP contribution in [0.25, 0.3) is 5.65 Å². The van der Waals surface area contributed by atoms with Crippen LogP contribution >= 0.6 is 0 Å². The highest BCUT2D eigenvalue weighted by atomic mass is 16.5. The number of carbonyl (C=O) groups excluding carboxylic acids is 2. The molecule has 0 aliphatic carbocycles. The van der Waals surface area contributed by atoms with E-state index in [0.29, 0.717) is 18.7 Å². The van der Waals surface area contributed by atoms with Crippen LogP contribution in [0.4, 0.5) is 0 Å². The molecule has 6 nitrogen and oxygen atoms in total. The molecule has 0 N–H and O–H groups in total. The normalized spacial score (nSPS) is 15.8. The van der Waals surface area contributed by atoms with E-state index >= 15 is 0 Å². The van der Waals surface area contributed by atoms with Crippen LogP contribution in [0.3, 0.4) is 0 Å². The number of ether oxygens (including phenoxy) is 1. The SMILES string of the molecule is O=C(CN1CCCCCC1=O)OCc1cn2ccccc2n1. The van der Waals surface area contributed by atoms with Gasteiger partial charge in [0.05, 0.1) is 5.69 Å². The molecule has 3 heterocycles. The fraction of sp³-hybridized carbons (Fsp3) is 0.438. The van der Waals surface area contributed by atoms with E-state index in [2.05, 4.69) is 4.98 Å². The number of carbonyl (C=O) groups is 2. The van der Waals surface area contributed by atoms with Crippen molar-refractivity contribution in [2.24, 2.45) is 0 Å². The van der Waals surface area contributed by atoms with Crippen LogP contribution in [0.1, 0.15) is 31.4 Å². The summed E-state index contributed by atoms with van der Waals surface area (Å²) in [4.78, 5) is 29.7. The molecule has 1 aliphatic heterocycles. The van der Waals surface area contributed by atoms with Crippen molar-refractivity contribution in [1.29, 1.82) is 0 Å². The number of nitrogens with zero attached hydrogens (tertiary/aromatic N) is 3. The molecule has 2 aromatic rings. The van der Waals surface area contributed by atoms with Gasteiger partial charge in [0.2, 0.25) is 5.91 Å². The summed E-state index contributed by atoms with van der Waals surface area (Å²) in [7, 11) is 0. The molecule has 3 rings (SSSR count). The van der Waals surface area contributed by atoms with Gasteiger partial charge in [0.25, 0.3) is 0 Å². The minimum absolute atomic E-state index is 0.0339. The Morgan fingerprint density at radius 1 is 1.27 bits per heavy atom. The fourth-order valence-electron chi connectivity index (χ4n) is 2.62. The Balaban J connectivity index is 1.54. The van der Waals surface area contributed by atoms with E-state index in [0.717, 1.165) is 24.9 Å². The van der Waals surface area contributed by atoms with Gasteiger partial charge in [-0.1, -0.05) is 12.5 Å². The van der Waals surface area contributed by atoms with Crippen molar-refractivity contribution < 1.29 is 14.3 Å². The Kier molecular flexibility index (Phi) is 4.37. The number of imidazole rings is 1. The summed E-state index contributed by atoms with van der Waals surface area (Å²) in [5.41, 5.74) is 1.51. The first kappa shape index (κ1) is 14.6. The Morgan fingerprint density at radius 2 is 2.18 bits per heavy atom. The highest BCUT2D eigenvalue weighted by Crippen LogP contribution is 2.11. The third kappa shape index (κ3) is 3.44. The van der Waals surface area contributed by atoms with Crippen molar-refractivity contribution in [3.05, 3.63) is 36.3 Å². The van der Waals surface area contributed by atoms with Crippen LogP contribution < -0.4 is 0 Å². The van der Waals surface area contributed by atoms with Crippen LogP contribution in [-0.2, 0) is 20.9 Å². The zero-order chi connectivity index (χ0) is 15.4. The molecule has 1 amide bonds. The summed E-state index contributed by atoms with van der Waals surface area (Å²) in [6, 6.07) is 5.71. The minimum atomic E-state index is -0.382. The van der Waals surface area contributed by atoms with Crippen molar-refractivity contribution in [3.8, 4) is 0 Å². The number of pyridine rings is 1. The average Bonchev–Trinajstić information content (AvgIpc) is 2.83. The third-order valence-electron chi connectivity index (χ3n) is 3.79. The summed E-state index contributed by atoms with van der Waals surface area (Å²) in [6.07, 6.45) is 7.15. The lowest BCUT2D eigenvalue weighted by molar-refractivity contribution is -0.150. The average molecular weight is 301 g/mol. The number of aromatic nitrogens is 2. The lowest BCUT2D eigenvalue weighted by Crippen LogP contribution is -2.35. The number of likely N-dealkylation sites (tertiary alicyclic amines) is 1. The molecule has 0 bridgehead atoms. The molecule has 1 aliphatic rings. The maximum atomic E-state index is 11.9. The monoisotopic (exact) mass is 301 g/mol. The second-order valence-corrected chi connectivity index (χ2v) is 5.48. The van der Waals surface area contributed by atoms with E-state index < -0.39 is 0 Å². The van der Waals surface area contributed by atoms with Crippen LogP contribution in [0.2, 0.25) is 0 Å². The van der Waals surface area contributed by atoms with Crippen LogP contribution in [0.15, 0.2) is 30.6 Å². The molecule has 1 fully saturated rings. The molecule has 0 unspecified atom stereocenters. The zero-order valence-corrected chi connectivity index (χ0v) is 12.4. The van der Waals surface area contributed by atoms with Crippen molar-refractivity contribution >= 4 is 17.5 Å². The first-order chi connectivity index (χ1) is 10.7. The van der Waals surface area contributed by atoms with Crippen LogP contribution in [0, 0.1) is 0 Å². The van der Waals surface area contributed by atoms with Gasteiger partial charge in [-0.15, -0.1) is 0 Å². The Hall–Kier alpha value is -2.37. The van der Waals surface area contributed by atoms with E-state index in [-0.39, 0.29) is 25.0 Å². The first-order valence-corrected chi connectivity index (χ1v) is 7.58. The summed E-state index contributed by atoms with van der Waals surface area (Å²) >= 11 is 0. The van der Waals surface area contributed by atoms with Crippen molar-refractivity contribution in [2.45, 2.75) is 32.3 Å². The number of amides is 1. The van der Waals surface area contributed by atoms with Gasteiger partial charge in [0.15, 0.2) is 0 Å². The lowest BCUT2D eigenvalue weighted by Gasteiger charge is -2.18. The topological polar surface area (TPSA) is 63.9 Å². The number of hydrogen-bond acceptors (Lipinski definition) is 4. The van der Waals surface area contributed by atoms with Crippen LogP contribution in [-0.4, -0.2) is 39.3 Å².